The molecule has 2 aromatic carbocycles. The number of hydrogen-bond acceptors (Lipinski definition) is 8. The van der Waals surface area contributed by atoms with Crippen molar-refractivity contribution in [1.29, 1.82) is 0 Å². The minimum absolute atomic E-state index is 0.0187. The Bertz CT molecular complexity index is 1410. The predicted molar refractivity (Wildman–Crippen MR) is 166 cm³/mol. The number of aliphatic hydroxyl groups excluding tert-OH is 2. The molecule has 224 valence electrons. The molecular weight excluding hydrogens is 526 g/mol. The van der Waals surface area contributed by atoms with Crippen LogP contribution in [-0.4, -0.2) is 82.7 Å². The van der Waals surface area contributed by atoms with E-state index in [1.807, 2.05) is 0 Å². The van der Waals surface area contributed by atoms with Crippen LogP contribution in [0.4, 0.5) is 11.5 Å². The number of aliphatic hydroxyl groups is 2. The lowest BCUT2D eigenvalue weighted by molar-refractivity contribution is 0.107. The second-order valence-corrected chi connectivity index (χ2v) is 13.0. The molecule has 2 unspecified atom stereocenters. The number of aromatic nitrogens is 2. The molecule has 0 spiro atoms. The maximum atomic E-state index is 10.5. The van der Waals surface area contributed by atoms with Crippen LogP contribution in [0, 0.1) is 5.92 Å². The normalized spacial score (nSPS) is 24.1. The van der Waals surface area contributed by atoms with Gasteiger partial charge in [0.2, 0.25) is 0 Å². The van der Waals surface area contributed by atoms with E-state index in [4.69, 9.17) is 14.7 Å². The monoisotopic (exact) mass is 571 g/mol. The number of fused-ring (bicyclic) bond motifs is 3. The quantitative estimate of drug-likeness (QED) is 0.434. The van der Waals surface area contributed by atoms with Gasteiger partial charge in [0.1, 0.15) is 12.4 Å². The Hall–Kier alpha value is -2.94. The van der Waals surface area contributed by atoms with Crippen LogP contribution in [0.5, 0.6) is 6.01 Å². The summed E-state index contributed by atoms with van der Waals surface area (Å²) in [6.07, 6.45) is 7.57. The van der Waals surface area contributed by atoms with Gasteiger partial charge in [-0.05, 0) is 81.5 Å². The van der Waals surface area contributed by atoms with E-state index in [0.717, 1.165) is 44.0 Å². The Morgan fingerprint density at radius 1 is 1.00 bits per heavy atom. The number of nitrogens with zero attached hydrogens (tertiary/aromatic N) is 5. The highest BCUT2D eigenvalue weighted by Crippen LogP contribution is 2.40. The van der Waals surface area contributed by atoms with E-state index in [9.17, 15) is 10.2 Å². The molecule has 0 aliphatic carbocycles. The minimum atomic E-state index is -0.398. The first-order valence-electron chi connectivity index (χ1n) is 16.1. The van der Waals surface area contributed by atoms with Crippen molar-refractivity contribution in [2.45, 2.75) is 76.5 Å². The molecule has 2 atom stereocenters. The largest absolute Gasteiger partial charge is 0.461 e. The van der Waals surface area contributed by atoms with Crippen LogP contribution in [0.15, 0.2) is 36.4 Å². The Morgan fingerprint density at radius 2 is 1.81 bits per heavy atom. The Morgan fingerprint density at radius 3 is 2.60 bits per heavy atom. The van der Waals surface area contributed by atoms with Crippen molar-refractivity contribution in [3.05, 3.63) is 53.2 Å². The average Bonchev–Trinajstić information content (AvgIpc) is 3.54. The molecule has 3 fully saturated rings. The lowest BCUT2D eigenvalue weighted by Crippen LogP contribution is -2.43. The van der Waals surface area contributed by atoms with Crippen molar-refractivity contribution in [3.63, 3.8) is 0 Å². The summed E-state index contributed by atoms with van der Waals surface area (Å²) in [5.74, 6) is 0.951. The van der Waals surface area contributed by atoms with Gasteiger partial charge in [-0.25, -0.2) is 0 Å². The predicted octanol–water partition coefficient (Wildman–Crippen LogP) is 4.33. The van der Waals surface area contributed by atoms with Crippen molar-refractivity contribution in [2.24, 2.45) is 5.92 Å². The van der Waals surface area contributed by atoms with Crippen molar-refractivity contribution in [2.75, 3.05) is 55.7 Å². The second-order valence-electron chi connectivity index (χ2n) is 13.0. The van der Waals surface area contributed by atoms with Gasteiger partial charge in [-0.1, -0.05) is 37.3 Å². The van der Waals surface area contributed by atoms with Gasteiger partial charge in [0.15, 0.2) is 0 Å². The van der Waals surface area contributed by atoms with E-state index in [2.05, 4.69) is 58.0 Å². The zero-order chi connectivity index (χ0) is 28.7. The molecule has 1 aromatic heterocycles. The highest BCUT2D eigenvalue weighted by atomic mass is 16.5. The van der Waals surface area contributed by atoms with Crippen molar-refractivity contribution in [1.82, 2.24) is 14.9 Å². The highest BCUT2D eigenvalue weighted by Gasteiger charge is 2.45. The summed E-state index contributed by atoms with van der Waals surface area (Å²) in [5.41, 5.74) is 4.98. The molecule has 3 aromatic rings. The summed E-state index contributed by atoms with van der Waals surface area (Å²) in [6.45, 7) is 8.25. The smallest absolute Gasteiger partial charge is 0.318 e. The number of rotatable bonds is 7. The molecule has 8 heteroatoms. The summed E-state index contributed by atoms with van der Waals surface area (Å²) >= 11 is 0. The summed E-state index contributed by atoms with van der Waals surface area (Å²) in [7, 11) is 0. The fraction of sp³-hybridized carbons (Fsp3) is 0.588. The summed E-state index contributed by atoms with van der Waals surface area (Å²) < 4.78 is 6.54. The summed E-state index contributed by atoms with van der Waals surface area (Å²) in [5, 5.41) is 23.2. The van der Waals surface area contributed by atoms with Crippen LogP contribution in [0.2, 0.25) is 0 Å². The van der Waals surface area contributed by atoms with Crippen molar-refractivity contribution in [3.8, 4) is 6.01 Å². The van der Waals surface area contributed by atoms with Crippen LogP contribution >= 0.6 is 0 Å². The molecule has 0 amide bonds. The van der Waals surface area contributed by atoms with Gasteiger partial charge in [-0.15, -0.1) is 0 Å². The first kappa shape index (κ1) is 27.9. The van der Waals surface area contributed by atoms with Crippen LogP contribution < -0.4 is 14.5 Å². The second kappa shape index (κ2) is 11.6. The Balaban J connectivity index is 1.24. The molecule has 8 nitrogen and oxygen atoms in total. The standard InChI is InChI=1S/C34H45N5O3/c1-2-25-7-3-8-26-9-4-10-30(31(25)26)37-18-12-28-29(21-37)35-33(42-23-34-13-5-15-39(34)16-6-14-34)36-32(28)38-17-11-27(41)19-24(20-38)22-40/h3-4,7-10,24,27,40-41H,2,5-6,11-23H2,1H3. The molecule has 5 heterocycles. The van der Waals surface area contributed by atoms with Crippen molar-refractivity contribution < 1.29 is 14.9 Å². The number of hydrogen-bond donors (Lipinski definition) is 2. The molecule has 3 saturated heterocycles. The lowest BCUT2D eigenvalue weighted by Gasteiger charge is -2.35. The van der Waals surface area contributed by atoms with Crippen LogP contribution in [-0.2, 0) is 19.4 Å². The number of aryl methyl sites for hydroxylation is 1. The van der Waals surface area contributed by atoms with Gasteiger partial charge in [0.25, 0.3) is 0 Å². The summed E-state index contributed by atoms with van der Waals surface area (Å²) in [6, 6.07) is 13.7. The molecule has 4 aliphatic heterocycles. The van der Waals surface area contributed by atoms with Crippen molar-refractivity contribution >= 4 is 22.3 Å². The van der Waals surface area contributed by atoms with E-state index in [1.54, 1.807) is 0 Å². The van der Waals surface area contributed by atoms with E-state index >= 15 is 0 Å². The van der Waals surface area contributed by atoms with Crippen LogP contribution in [0.1, 0.15) is 62.3 Å². The maximum Gasteiger partial charge on any atom is 0.318 e. The Kier molecular flexibility index (Phi) is 7.71. The van der Waals surface area contributed by atoms with Crippen LogP contribution in [0.25, 0.3) is 10.8 Å². The van der Waals surface area contributed by atoms with Gasteiger partial charge < -0.3 is 24.7 Å². The zero-order valence-corrected chi connectivity index (χ0v) is 25.0. The average molecular weight is 572 g/mol. The highest BCUT2D eigenvalue weighted by molar-refractivity contribution is 5.97. The zero-order valence-electron chi connectivity index (χ0n) is 25.0. The number of ether oxygens (including phenoxy) is 1. The molecule has 0 radical (unpaired) electrons. The molecule has 2 N–H and O–H groups in total. The maximum absolute atomic E-state index is 10.5. The fourth-order valence-electron chi connectivity index (χ4n) is 8.15. The van der Waals surface area contributed by atoms with E-state index in [1.165, 1.54) is 53.3 Å². The Labute approximate surface area is 249 Å². The molecule has 0 saturated carbocycles. The first-order chi connectivity index (χ1) is 20.6. The first-order valence-corrected chi connectivity index (χ1v) is 16.1. The van der Waals surface area contributed by atoms with Gasteiger partial charge in [0, 0.05) is 48.8 Å². The molecule has 42 heavy (non-hydrogen) atoms. The van der Waals surface area contributed by atoms with Gasteiger partial charge in [-0.2, -0.15) is 9.97 Å². The third kappa shape index (κ3) is 5.12. The third-order valence-electron chi connectivity index (χ3n) is 10.4. The topological polar surface area (TPSA) is 85.2 Å². The third-order valence-corrected chi connectivity index (χ3v) is 10.4. The summed E-state index contributed by atoms with van der Waals surface area (Å²) in [4.78, 5) is 17.5. The van der Waals surface area contributed by atoms with Gasteiger partial charge >= 0.3 is 6.01 Å². The minimum Gasteiger partial charge on any atom is -0.461 e. The number of benzene rings is 2. The van der Waals surface area contributed by atoms with Gasteiger partial charge in [0.05, 0.1) is 23.9 Å². The number of anilines is 2. The molecule has 0 bridgehead atoms. The van der Waals surface area contributed by atoms with E-state index in [-0.39, 0.29) is 18.1 Å². The SMILES string of the molecule is CCc1cccc2cccc(N3CCc4c(nc(OCC56CCCN5CCC6)nc4N4CCC(O)CC(CO)C4)C3)c12. The van der Waals surface area contributed by atoms with Gasteiger partial charge in [-0.3, -0.25) is 4.90 Å². The lowest BCUT2D eigenvalue weighted by atomic mass is 9.95. The molecule has 4 aliphatic rings. The molecular formula is C34H45N5O3. The van der Waals surface area contributed by atoms with E-state index < -0.39 is 6.10 Å². The fourth-order valence-corrected chi connectivity index (χ4v) is 8.15. The molecule has 7 rings (SSSR count). The van der Waals surface area contributed by atoms with Crippen LogP contribution in [0.3, 0.4) is 0 Å². The van der Waals surface area contributed by atoms with E-state index in [0.29, 0.717) is 45.1 Å².